The van der Waals surface area contributed by atoms with E-state index in [1.807, 2.05) is 46.1 Å². The summed E-state index contributed by atoms with van der Waals surface area (Å²) in [6.45, 7) is 1.86. The first-order chi connectivity index (χ1) is 15.2. The Morgan fingerprint density at radius 3 is 2.35 bits per heavy atom. The van der Waals surface area contributed by atoms with Crippen molar-refractivity contribution in [3.05, 3.63) is 48.3 Å². The molecule has 0 atom stereocenters. The van der Waals surface area contributed by atoms with Gasteiger partial charge in [-0.3, -0.25) is 4.68 Å². The Morgan fingerprint density at radius 1 is 0.935 bits per heavy atom. The second kappa shape index (κ2) is 10.3. The van der Waals surface area contributed by atoms with Gasteiger partial charge in [0.1, 0.15) is 0 Å². The van der Waals surface area contributed by atoms with Gasteiger partial charge in [-0.2, -0.15) is 5.10 Å². The number of carbonyl (C=O) groups is 2. The molecular formula is C23H32N6O2. The first-order valence-corrected chi connectivity index (χ1v) is 11.4. The monoisotopic (exact) mass is 424 g/mol. The minimum Gasteiger partial charge on any atom is -0.335 e. The van der Waals surface area contributed by atoms with Crippen molar-refractivity contribution in [2.45, 2.75) is 63.6 Å². The molecule has 31 heavy (non-hydrogen) atoms. The number of likely N-dealkylation sites (tertiary alicyclic amines) is 1. The van der Waals surface area contributed by atoms with E-state index in [0.717, 1.165) is 36.9 Å². The fraction of sp³-hybridized carbons (Fsp3) is 0.522. The molecule has 1 aromatic heterocycles. The van der Waals surface area contributed by atoms with Crippen molar-refractivity contribution < 1.29 is 9.59 Å². The summed E-state index contributed by atoms with van der Waals surface area (Å²) in [6, 6.07) is 9.93. The molecule has 1 aliphatic carbocycles. The van der Waals surface area contributed by atoms with Crippen LogP contribution in [0, 0.1) is 0 Å². The molecule has 2 aliphatic rings. The fourth-order valence-corrected chi connectivity index (χ4v) is 4.43. The number of benzene rings is 1. The second-order valence-corrected chi connectivity index (χ2v) is 8.50. The number of rotatable bonds is 5. The quantitative estimate of drug-likeness (QED) is 0.685. The molecular weight excluding hydrogens is 392 g/mol. The predicted octanol–water partition coefficient (Wildman–Crippen LogP) is 3.56. The average molecular weight is 425 g/mol. The summed E-state index contributed by atoms with van der Waals surface area (Å²) in [6.07, 6.45) is 11.0. The van der Waals surface area contributed by atoms with Crippen LogP contribution in [0.5, 0.6) is 0 Å². The van der Waals surface area contributed by atoms with Gasteiger partial charge in [-0.15, -0.1) is 0 Å². The van der Waals surface area contributed by atoms with Crippen molar-refractivity contribution in [2.24, 2.45) is 0 Å². The van der Waals surface area contributed by atoms with E-state index in [1.54, 1.807) is 6.20 Å². The van der Waals surface area contributed by atoms with E-state index >= 15 is 0 Å². The van der Waals surface area contributed by atoms with Crippen molar-refractivity contribution in [1.82, 2.24) is 25.3 Å². The smallest absolute Gasteiger partial charge is 0.321 e. The summed E-state index contributed by atoms with van der Waals surface area (Å²) < 4.78 is 1.83. The van der Waals surface area contributed by atoms with Crippen molar-refractivity contribution in [1.29, 1.82) is 0 Å². The van der Waals surface area contributed by atoms with Crippen LogP contribution in [-0.2, 0) is 6.54 Å². The molecule has 0 bridgehead atoms. The lowest BCUT2D eigenvalue weighted by molar-refractivity contribution is 0.186. The van der Waals surface area contributed by atoms with Gasteiger partial charge in [0.15, 0.2) is 0 Å². The Kier molecular flexibility index (Phi) is 7.07. The highest BCUT2D eigenvalue weighted by Crippen LogP contribution is 2.19. The van der Waals surface area contributed by atoms with Crippen molar-refractivity contribution in [3.63, 3.8) is 0 Å². The van der Waals surface area contributed by atoms with Crippen LogP contribution in [0.2, 0.25) is 0 Å². The number of nitrogens with zero attached hydrogens (tertiary/aromatic N) is 3. The van der Waals surface area contributed by atoms with Crippen molar-refractivity contribution in [2.75, 3.05) is 18.4 Å². The van der Waals surface area contributed by atoms with Crippen LogP contribution in [0.25, 0.3) is 0 Å². The molecule has 1 saturated heterocycles. The summed E-state index contributed by atoms with van der Waals surface area (Å²) in [5.41, 5.74) is 1.81. The van der Waals surface area contributed by atoms with E-state index in [1.165, 1.54) is 19.3 Å². The molecule has 0 spiro atoms. The maximum Gasteiger partial charge on any atom is 0.321 e. The van der Waals surface area contributed by atoms with E-state index in [9.17, 15) is 9.59 Å². The molecule has 1 aliphatic heterocycles. The first kappa shape index (κ1) is 21.2. The fourth-order valence-electron chi connectivity index (χ4n) is 4.43. The molecule has 2 aromatic rings. The maximum absolute atomic E-state index is 12.8. The highest BCUT2D eigenvalue weighted by molar-refractivity contribution is 5.90. The Balaban J connectivity index is 1.24. The van der Waals surface area contributed by atoms with Gasteiger partial charge < -0.3 is 20.9 Å². The highest BCUT2D eigenvalue weighted by Gasteiger charge is 2.25. The molecule has 3 N–H and O–H groups in total. The largest absolute Gasteiger partial charge is 0.335 e. The van der Waals surface area contributed by atoms with Crippen LogP contribution in [-0.4, -0.2) is 51.9 Å². The molecule has 4 rings (SSSR count). The van der Waals surface area contributed by atoms with Gasteiger partial charge in [-0.25, -0.2) is 9.59 Å². The standard InChI is InChI=1S/C23H32N6O2/c30-22(25-19-8-2-1-3-9-19)26-20-11-15-28(16-12-20)23(31)27-21-10-5-4-7-18(21)17-29-14-6-13-24-29/h4-7,10,13-14,19-20H,1-3,8-9,11-12,15-17H2,(H,27,31)(H2,25,26,30). The number of aromatic nitrogens is 2. The lowest BCUT2D eigenvalue weighted by atomic mass is 9.96. The lowest BCUT2D eigenvalue weighted by Gasteiger charge is -2.33. The summed E-state index contributed by atoms with van der Waals surface area (Å²) >= 11 is 0. The number of hydrogen-bond acceptors (Lipinski definition) is 3. The zero-order valence-corrected chi connectivity index (χ0v) is 17.9. The van der Waals surface area contributed by atoms with Crippen molar-refractivity contribution >= 4 is 17.7 Å². The van der Waals surface area contributed by atoms with Crippen LogP contribution in [0.15, 0.2) is 42.7 Å². The van der Waals surface area contributed by atoms with Gasteiger partial charge in [-0.1, -0.05) is 37.5 Å². The van der Waals surface area contributed by atoms with Crippen LogP contribution in [0.1, 0.15) is 50.5 Å². The Morgan fingerprint density at radius 2 is 1.65 bits per heavy atom. The average Bonchev–Trinajstić information content (AvgIpc) is 3.29. The van der Waals surface area contributed by atoms with Gasteiger partial charge in [0, 0.05) is 43.3 Å². The normalized spacial score (nSPS) is 17.9. The molecule has 166 valence electrons. The van der Waals surface area contributed by atoms with E-state index in [4.69, 9.17) is 0 Å². The minimum atomic E-state index is -0.0991. The molecule has 4 amide bonds. The van der Waals surface area contributed by atoms with Gasteiger partial charge in [0.25, 0.3) is 0 Å². The molecule has 1 saturated carbocycles. The Labute approximate surface area is 183 Å². The van der Waals surface area contributed by atoms with Gasteiger partial charge in [0.05, 0.1) is 6.54 Å². The zero-order chi connectivity index (χ0) is 21.5. The first-order valence-electron chi connectivity index (χ1n) is 11.4. The summed E-state index contributed by atoms with van der Waals surface area (Å²) in [5.74, 6) is 0. The number of nitrogens with one attached hydrogen (secondary N) is 3. The van der Waals surface area contributed by atoms with Crippen molar-refractivity contribution in [3.8, 4) is 0 Å². The summed E-state index contributed by atoms with van der Waals surface area (Å²) in [7, 11) is 0. The number of urea groups is 2. The number of piperidine rings is 1. The van der Waals surface area contributed by atoms with Crippen LogP contribution >= 0.6 is 0 Å². The zero-order valence-electron chi connectivity index (χ0n) is 17.9. The number of anilines is 1. The molecule has 8 nitrogen and oxygen atoms in total. The maximum atomic E-state index is 12.8. The van der Waals surface area contributed by atoms with Crippen LogP contribution in [0.3, 0.4) is 0 Å². The second-order valence-electron chi connectivity index (χ2n) is 8.50. The van der Waals surface area contributed by atoms with Gasteiger partial charge in [0.2, 0.25) is 0 Å². The van der Waals surface area contributed by atoms with Crippen LogP contribution in [0.4, 0.5) is 15.3 Å². The van der Waals surface area contributed by atoms with Gasteiger partial charge >= 0.3 is 12.1 Å². The molecule has 2 heterocycles. The topological polar surface area (TPSA) is 91.3 Å². The highest BCUT2D eigenvalue weighted by atomic mass is 16.2. The van der Waals surface area contributed by atoms with Crippen LogP contribution < -0.4 is 16.0 Å². The van der Waals surface area contributed by atoms with E-state index in [-0.39, 0.29) is 18.1 Å². The number of amides is 4. The molecule has 2 fully saturated rings. The van der Waals surface area contributed by atoms with E-state index in [2.05, 4.69) is 21.0 Å². The van der Waals surface area contributed by atoms with Gasteiger partial charge in [-0.05, 0) is 43.4 Å². The molecule has 0 radical (unpaired) electrons. The molecule has 8 heteroatoms. The minimum absolute atomic E-state index is 0.0673. The Bertz CT molecular complexity index is 855. The predicted molar refractivity (Wildman–Crippen MR) is 120 cm³/mol. The SMILES string of the molecule is O=C(NC1CCCCC1)NC1CCN(C(=O)Nc2ccccc2Cn2cccn2)CC1. The lowest BCUT2D eigenvalue weighted by Crippen LogP contribution is -2.51. The molecule has 0 unspecified atom stereocenters. The summed E-state index contributed by atoms with van der Waals surface area (Å²) in [5, 5.41) is 13.5. The number of hydrogen-bond donors (Lipinski definition) is 3. The third-order valence-electron chi connectivity index (χ3n) is 6.21. The third-order valence-corrected chi connectivity index (χ3v) is 6.21. The summed E-state index contributed by atoms with van der Waals surface area (Å²) in [4.78, 5) is 26.9. The third kappa shape index (κ3) is 5.99. The number of para-hydroxylation sites is 1. The van der Waals surface area contributed by atoms with E-state index < -0.39 is 0 Å². The van der Waals surface area contributed by atoms with E-state index in [0.29, 0.717) is 25.7 Å². The molecule has 1 aromatic carbocycles. The Hall–Kier alpha value is -3.03. The number of carbonyl (C=O) groups excluding carboxylic acids is 2.